The molecule has 3 nitrogen and oxygen atoms in total. The lowest BCUT2D eigenvalue weighted by molar-refractivity contribution is 0.269. The molecule has 0 amide bonds. The highest BCUT2D eigenvalue weighted by Gasteiger charge is 2.16. The molecule has 0 radical (unpaired) electrons. The third-order valence-electron chi connectivity index (χ3n) is 4.32. The van der Waals surface area contributed by atoms with Gasteiger partial charge in [-0.3, -0.25) is 0 Å². The maximum atomic E-state index is 6.49. The van der Waals surface area contributed by atoms with Crippen LogP contribution < -0.4 is 14.8 Å². The van der Waals surface area contributed by atoms with E-state index in [1.165, 1.54) is 0 Å². The normalized spacial score (nSPS) is 11.0. The summed E-state index contributed by atoms with van der Waals surface area (Å²) in [6.45, 7) is 10.1. The summed E-state index contributed by atoms with van der Waals surface area (Å²) in [5.74, 6) is 1.24. The number of ether oxygens (including phenoxy) is 2. The van der Waals surface area contributed by atoms with Crippen molar-refractivity contribution in [2.75, 3.05) is 6.61 Å². The van der Waals surface area contributed by atoms with Crippen LogP contribution in [0.3, 0.4) is 0 Å². The van der Waals surface area contributed by atoms with Crippen LogP contribution in [0, 0.1) is 0 Å². The molecule has 0 atom stereocenters. The maximum Gasteiger partial charge on any atom is 0.180 e. The molecule has 2 rings (SSSR count). The minimum atomic E-state index is 0. The van der Waals surface area contributed by atoms with Gasteiger partial charge >= 0.3 is 0 Å². The second-order valence-corrected chi connectivity index (χ2v) is 7.69. The Labute approximate surface area is 178 Å². The van der Waals surface area contributed by atoms with Gasteiger partial charge < -0.3 is 14.8 Å². The molecule has 0 aliphatic carbocycles. The highest BCUT2D eigenvalue weighted by atomic mass is 35.5. The topological polar surface area (TPSA) is 30.5 Å². The van der Waals surface area contributed by atoms with Crippen molar-refractivity contribution in [2.24, 2.45) is 0 Å². The van der Waals surface area contributed by atoms with E-state index < -0.39 is 0 Å². The van der Waals surface area contributed by atoms with Crippen LogP contribution in [0.1, 0.15) is 45.2 Å². The highest BCUT2D eigenvalue weighted by Crippen LogP contribution is 2.37. The fraction of sp³-hybridized carbons (Fsp3) is 0.429. The Morgan fingerprint density at radius 1 is 0.963 bits per heavy atom. The zero-order chi connectivity index (χ0) is 19.2. The molecule has 0 heterocycles. The van der Waals surface area contributed by atoms with Crippen LogP contribution >= 0.6 is 35.6 Å². The summed E-state index contributed by atoms with van der Waals surface area (Å²) in [4.78, 5) is 0. The quantitative estimate of drug-likeness (QED) is 0.480. The molecule has 0 unspecified atom stereocenters. The molecule has 1 N–H and O–H groups in total. The van der Waals surface area contributed by atoms with Gasteiger partial charge in [0.25, 0.3) is 0 Å². The Hall–Kier alpha value is -1.13. The van der Waals surface area contributed by atoms with Crippen LogP contribution in [0.4, 0.5) is 0 Å². The lowest BCUT2D eigenvalue weighted by Crippen LogP contribution is -2.37. The molecule has 0 aliphatic heterocycles. The van der Waals surface area contributed by atoms with Crippen molar-refractivity contribution in [2.45, 2.75) is 52.8 Å². The van der Waals surface area contributed by atoms with Gasteiger partial charge in [0.1, 0.15) is 6.61 Å². The van der Waals surface area contributed by atoms with Gasteiger partial charge in [-0.05, 0) is 62.6 Å². The van der Waals surface area contributed by atoms with Gasteiger partial charge in [-0.25, -0.2) is 0 Å². The Morgan fingerprint density at radius 2 is 1.63 bits per heavy atom. The predicted octanol–water partition coefficient (Wildman–Crippen LogP) is 6.67. The van der Waals surface area contributed by atoms with Crippen LogP contribution in [-0.4, -0.2) is 12.1 Å². The number of hydrogen-bond donors (Lipinski definition) is 1. The number of rotatable bonds is 9. The summed E-state index contributed by atoms with van der Waals surface area (Å²) in [5.41, 5.74) is 2.16. The molecule has 0 spiro atoms. The Morgan fingerprint density at radius 3 is 2.22 bits per heavy atom. The van der Waals surface area contributed by atoms with Gasteiger partial charge in [-0.2, -0.15) is 0 Å². The molecule has 0 saturated carbocycles. The van der Waals surface area contributed by atoms with Gasteiger partial charge in [0.15, 0.2) is 11.5 Å². The predicted molar refractivity (Wildman–Crippen MR) is 117 cm³/mol. The SMILES string of the molecule is CCOc1cc(CNC(C)(C)CC)cc(Cl)c1OCc1ccc(Cl)cc1.Cl. The van der Waals surface area contributed by atoms with Crippen LogP contribution in [0.15, 0.2) is 36.4 Å². The van der Waals surface area contributed by atoms with E-state index in [1.807, 2.05) is 43.3 Å². The number of nitrogens with one attached hydrogen (secondary N) is 1. The van der Waals surface area contributed by atoms with E-state index in [0.29, 0.717) is 34.8 Å². The Kier molecular flexibility index (Phi) is 9.75. The zero-order valence-electron chi connectivity index (χ0n) is 16.3. The average molecular weight is 433 g/mol. The molecule has 150 valence electrons. The zero-order valence-corrected chi connectivity index (χ0v) is 18.6. The maximum absolute atomic E-state index is 6.49. The largest absolute Gasteiger partial charge is 0.490 e. The van der Waals surface area contributed by atoms with Gasteiger partial charge in [0, 0.05) is 17.1 Å². The molecular formula is C21H28Cl3NO2. The second kappa shape index (κ2) is 11.0. The number of halogens is 3. The van der Waals surface area contributed by atoms with Crippen LogP contribution in [0.25, 0.3) is 0 Å². The van der Waals surface area contributed by atoms with E-state index in [1.54, 1.807) is 0 Å². The minimum Gasteiger partial charge on any atom is -0.490 e. The lowest BCUT2D eigenvalue weighted by Gasteiger charge is -2.25. The van der Waals surface area contributed by atoms with E-state index >= 15 is 0 Å². The average Bonchev–Trinajstić information content (AvgIpc) is 2.61. The van der Waals surface area contributed by atoms with Gasteiger partial charge in [0.2, 0.25) is 0 Å². The van der Waals surface area contributed by atoms with Gasteiger partial charge in [0.05, 0.1) is 11.6 Å². The number of hydrogen-bond acceptors (Lipinski definition) is 3. The molecule has 27 heavy (non-hydrogen) atoms. The molecule has 0 bridgehead atoms. The van der Waals surface area contributed by atoms with Crippen molar-refractivity contribution < 1.29 is 9.47 Å². The van der Waals surface area contributed by atoms with Crippen LogP contribution in [-0.2, 0) is 13.2 Å². The summed E-state index contributed by atoms with van der Waals surface area (Å²) in [7, 11) is 0. The Bertz CT molecular complexity index is 718. The van der Waals surface area contributed by atoms with E-state index in [-0.39, 0.29) is 17.9 Å². The van der Waals surface area contributed by atoms with Gasteiger partial charge in [-0.15, -0.1) is 12.4 Å². The fourth-order valence-corrected chi connectivity index (χ4v) is 2.74. The summed E-state index contributed by atoms with van der Waals surface area (Å²) >= 11 is 12.4. The highest BCUT2D eigenvalue weighted by molar-refractivity contribution is 6.32. The fourth-order valence-electron chi connectivity index (χ4n) is 2.33. The van der Waals surface area contributed by atoms with Crippen molar-refractivity contribution in [3.05, 3.63) is 57.6 Å². The van der Waals surface area contributed by atoms with E-state index in [9.17, 15) is 0 Å². The van der Waals surface area contributed by atoms with E-state index in [0.717, 1.165) is 24.1 Å². The molecule has 0 saturated heterocycles. The monoisotopic (exact) mass is 431 g/mol. The first-order valence-electron chi connectivity index (χ1n) is 8.92. The van der Waals surface area contributed by atoms with E-state index in [4.69, 9.17) is 32.7 Å². The van der Waals surface area contributed by atoms with Crippen molar-refractivity contribution in [3.63, 3.8) is 0 Å². The van der Waals surface area contributed by atoms with Crippen molar-refractivity contribution in [3.8, 4) is 11.5 Å². The summed E-state index contributed by atoms with van der Waals surface area (Å²) < 4.78 is 11.7. The lowest BCUT2D eigenvalue weighted by atomic mass is 10.0. The van der Waals surface area contributed by atoms with Crippen molar-refractivity contribution in [1.82, 2.24) is 5.32 Å². The molecule has 0 aliphatic rings. The molecular weight excluding hydrogens is 405 g/mol. The van der Waals surface area contributed by atoms with E-state index in [2.05, 4.69) is 26.1 Å². The third kappa shape index (κ3) is 7.42. The van der Waals surface area contributed by atoms with Crippen LogP contribution in [0.2, 0.25) is 10.0 Å². The molecule has 2 aromatic rings. The smallest absolute Gasteiger partial charge is 0.180 e. The molecule has 2 aromatic carbocycles. The Balaban J connectivity index is 0.00000364. The van der Waals surface area contributed by atoms with Crippen molar-refractivity contribution >= 4 is 35.6 Å². The van der Waals surface area contributed by atoms with Crippen LogP contribution in [0.5, 0.6) is 11.5 Å². The summed E-state index contributed by atoms with van der Waals surface area (Å²) in [6.07, 6.45) is 1.04. The third-order valence-corrected chi connectivity index (χ3v) is 4.85. The first-order valence-corrected chi connectivity index (χ1v) is 9.67. The molecule has 6 heteroatoms. The molecule has 0 aromatic heterocycles. The van der Waals surface area contributed by atoms with Gasteiger partial charge in [-0.1, -0.05) is 42.3 Å². The first kappa shape index (κ1) is 23.9. The summed E-state index contributed by atoms with van der Waals surface area (Å²) in [5, 5.41) is 4.79. The van der Waals surface area contributed by atoms with Crippen molar-refractivity contribution in [1.29, 1.82) is 0 Å². The molecule has 0 fully saturated rings. The first-order chi connectivity index (χ1) is 12.3. The second-order valence-electron chi connectivity index (χ2n) is 6.84. The summed E-state index contributed by atoms with van der Waals surface area (Å²) in [6, 6.07) is 11.5. The number of benzene rings is 2. The standard InChI is InChI=1S/C21H27Cl2NO2.ClH/c1-5-21(3,4)24-13-16-11-18(23)20(19(12-16)25-6-2)26-14-15-7-9-17(22)10-8-15;/h7-12,24H,5-6,13-14H2,1-4H3;1H. The minimum absolute atomic E-state index is 0.